The number of esters is 1. The summed E-state index contributed by atoms with van der Waals surface area (Å²) in [5.74, 6) is 0.0982. The first kappa shape index (κ1) is 21.1. The van der Waals surface area contributed by atoms with Crippen LogP contribution in [0.15, 0.2) is 24.3 Å². The van der Waals surface area contributed by atoms with Crippen LogP contribution in [0.2, 0.25) is 0 Å². The molecule has 6 heteroatoms. The second-order valence-electron chi connectivity index (χ2n) is 8.02. The van der Waals surface area contributed by atoms with Crippen LogP contribution in [0.5, 0.6) is 5.75 Å². The molecular formula is C21H31NO5. The van der Waals surface area contributed by atoms with Crippen LogP contribution in [0.3, 0.4) is 0 Å². The van der Waals surface area contributed by atoms with Crippen molar-refractivity contribution in [1.29, 1.82) is 0 Å². The van der Waals surface area contributed by atoms with Crippen molar-refractivity contribution in [3.8, 4) is 5.75 Å². The first-order valence-corrected chi connectivity index (χ1v) is 9.44. The summed E-state index contributed by atoms with van der Waals surface area (Å²) in [5.41, 5.74) is 0.470. The fourth-order valence-corrected chi connectivity index (χ4v) is 3.62. The lowest BCUT2D eigenvalue weighted by Gasteiger charge is -2.42. The topological polar surface area (TPSA) is 65.1 Å². The number of ether oxygens (including phenoxy) is 3. The van der Waals surface area contributed by atoms with E-state index < -0.39 is 17.6 Å². The Morgan fingerprint density at radius 2 is 1.78 bits per heavy atom. The molecule has 1 heterocycles. The zero-order chi connectivity index (χ0) is 20.2. The Hall–Kier alpha value is -2.24. The van der Waals surface area contributed by atoms with Gasteiger partial charge in [-0.25, -0.2) is 4.79 Å². The number of carbonyl (C=O) groups excluding carboxylic acids is 2. The third-order valence-electron chi connectivity index (χ3n) is 4.71. The average Bonchev–Trinajstić information content (AvgIpc) is 2.60. The minimum absolute atomic E-state index is 0.0337. The van der Waals surface area contributed by atoms with Crippen LogP contribution < -0.4 is 4.74 Å². The van der Waals surface area contributed by atoms with E-state index in [1.165, 1.54) is 0 Å². The molecule has 6 nitrogen and oxygen atoms in total. The van der Waals surface area contributed by atoms with Gasteiger partial charge in [-0.15, -0.1) is 0 Å². The van der Waals surface area contributed by atoms with Gasteiger partial charge in [0.25, 0.3) is 0 Å². The number of benzene rings is 1. The van der Waals surface area contributed by atoms with Crippen molar-refractivity contribution >= 4 is 12.1 Å². The predicted octanol–water partition coefficient (Wildman–Crippen LogP) is 3.84. The number of piperidine rings is 1. The number of nitrogens with zero attached hydrogens (tertiary/aromatic N) is 1. The first-order chi connectivity index (χ1) is 12.7. The molecule has 3 atom stereocenters. The van der Waals surface area contributed by atoms with Gasteiger partial charge in [0.2, 0.25) is 0 Å². The lowest BCUT2D eigenvalue weighted by atomic mass is 9.74. The van der Waals surface area contributed by atoms with E-state index in [4.69, 9.17) is 14.2 Å². The third kappa shape index (κ3) is 5.37. The molecule has 0 aliphatic carbocycles. The number of carbonyl (C=O) groups is 2. The quantitative estimate of drug-likeness (QED) is 0.746. The normalized spacial score (nSPS) is 22.9. The Kier molecular flexibility index (Phi) is 6.73. The van der Waals surface area contributed by atoms with Gasteiger partial charge >= 0.3 is 12.1 Å². The van der Waals surface area contributed by atoms with Gasteiger partial charge in [0.05, 0.1) is 19.6 Å². The highest BCUT2D eigenvalue weighted by molar-refractivity contribution is 5.76. The van der Waals surface area contributed by atoms with Crippen molar-refractivity contribution in [3.63, 3.8) is 0 Å². The molecule has 150 valence electrons. The molecule has 1 aromatic carbocycles. The van der Waals surface area contributed by atoms with Gasteiger partial charge in [-0.05, 0) is 51.3 Å². The summed E-state index contributed by atoms with van der Waals surface area (Å²) in [7, 11) is 1.62. The molecule has 0 aromatic heterocycles. The summed E-state index contributed by atoms with van der Waals surface area (Å²) in [6.45, 7) is 10.5. The maximum absolute atomic E-state index is 12.7. The molecule has 2 rings (SSSR count). The molecule has 1 aliphatic rings. The highest BCUT2D eigenvalue weighted by Crippen LogP contribution is 2.39. The van der Waals surface area contributed by atoms with Crippen LogP contribution in [0.1, 0.15) is 46.1 Å². The number of hydrogen-bond acceptors (Lipinski definition) is 5. The molecule has 0 saturated carbocycles. The SMILES string of the molecule is CCOC(=O)C1CN(C(=O)OC(C)(C)C)CC(C)C1c1ccc(OC)cc1. The molecule has 0 spiro atoms. The lowest BCUT2D eigenvalue weighted by Crippen LogP contribution is -2.51. The van der Waals surface area contributed by atoms with Gasteiger partial charge in [-0.1, -0.05) is 19.1 Å². The standard InChI is InChI=1S/C21H31NO5/c1-7-26-19(23)17-13-22(20(24)27-21(3,4)5)12-14(2)18(17)15-8-10-16(25-6)11-9-15/h8-11,14,17-18H,7,12-13H2,1-6H3. The maximum Gasteiger partial charge on any atom is 0.410 e. The van der Waals surface area contributed by atoms with Gasteiger partial charge < -0.3 is 19.1 Å². The first-order valence-electron chi connectivity index (χ1n) is 9.44. The van der Waals surface area contributed by atoms with Crippen LogP contribution in [0.4, 0.5) is 4.79 Å². The Labute approximate surface area is 161 Å². The fourth-order valence-electron chi connectivity index (χ4n) is 3.62. The van der Waals surface area contributed by atoms with E-state index in [0.29, 0.717) is 13.2 Å². The molecule has 1 saturated heterocycles. The molecule has 1 fully saturated rings. The summed E-state index contributed by atoms with van der Waals surface area (Å²) in [6, 6.07) is 7.75. The van der Waals surface area contributed by atoms with Crippen molar-refractivity contribution in [2.45, 2.75) is 46.1 Å². The van der Waals surface area contributed by atoms with Gasteiger partial charge in [0, 0.05) is 19.0 Å². The third-order valence-corrected chi connectivity index (χ3v) is 4.71. The van der Waals surface area contributed by atoms with E-state index >= 15 is 0 Å². The molecular weight excluding hydrogens is 346 g/mol. The number of likely N-dealkylation sites (tertiary alicyclic amines) is 1. The zero-order valence-corrected chi connectivity index (χ0v) is 17.2. The second kappa shape index (κ2) is 8.63. The van der Waals surface area contributed by atoms with Crippen molar-refractivity contribution < 1.29 is 23.8 Å². The van der Waals surface area contributed by atoms with Gasteiger partial charge in [-0.2, -0.15) is 0 Å². The van der Waals surface area contributed by atoms with Crippen LogP contribution in [-0.4, -0.2) is 49.4 Å². The van der Waals surface area contributed by atoms with Crippen LogP contribution in [-0.2, 0) is 14.3 Å². The number of rotatable bonds is 4. The van der Waals surface area contributed by atoms with Gasteiger partial charge in [0.1, 0.15) is 11.4 Å². The van der Waals surface area contributed by atoms with E-state index in [0.717, 1.165) is 11.3 Å². The summed E-state index contributed by atoms with van der Waals surface area (Å²) in [4.78, 5) is 26.8. The smallest absolute Gasteiger partial charge is 0.410 e. The highest BCUT2D eigenvalue weighted by Gasteiger charge is 2.42. The van der Waals surface area contributed by atoms with Gasteiger partial charge in [0.15, 0.2) is 0 Å². The van der Waals surface area contributed by atoms with E-state index in [1.54, 1.807) is 18.9 Å². The minimum Gasteiger partial charge on any atom is -0.497 e. The van der Waals surface area contributed by atoms with Gasteiger partial charge in [-0.3, -0.25) is 4.79 Å². The van der Waals surface area contributed by atoms with E-state index in [2.05, 4.69) is 6.92 Å². The number of amides is 1. The van der Waals surface area contributed by atoms with Crippen molar-refractivity contribution in [2.75, 3.05) is 26.8 Å². The van der Waals surface area contributed by atoms with Crippen LogP contribution in [0, 0.1) is 11.8 Å². The predicted molar refractivity (Wildman–Crippen MR) is 103 cm³/mol. The lowest BCUT2D eigenvalue weighted by molar-refractivity contribution is -0.151. The summed E-state index contributed by atoms with van der Waals surface area (Å²) in [5, 5.41) is 0. The zero-order valence-electron chi connectivity index (χ0n) is 17.2. The second-order valence-corrected chi connectivity index (χ2v) is 8.02. The summed E-state index contributed by atoms with van der Waals surface area (Å²) >= 11 is 0. The number of methoxy groups -OCH3 is 1. The minimum atomic E-state index is -0.577. The Balaban J connectivity index is 2.28. The van der Waals surface area contributed by atoms with Crippen molar-refractivity contribution in [3.05, 3.63) is 29.8 Å². The monoisotopic (exact) mass is 377 g/mol. The Morgan fingerprint density at radius 1 is 1.15 bits per heavy atom. The fraction of sp³-hybridized carbons (Fsp3) is 0.619. The summed E-state index contributed by atoms with van der Waals surface area (Å²) in [6.07, 6.45) is -0.392. The van der Waals surface area contributed by atoms with Crippen LogP contribution in [0.25, 0.3) is 0 Å². The Bertz CT molecular complexity index is 650. The molecule has 27 heavy (non-hydrogen) atoms. The van der Waals surface area contributed by atoms with E-state index in [-0.39, 0.29) is 24.3 Å². The van der Waals surface area contributed by atoms with E-state index in [9.17, 15) is 9.59 Å². The molecule has 1 aliphatic heterocycles. The summed E-state index contributed by atoms with van der Waals surface area (Å²) < 4.78 is 16.0. The maximum atomic E-state index is 12.7. The van der Waals surface area contributed by atoms with Crippen molar-refractivity contribution in [1.82, 2.24) is 4.90 Å². The van der Waals surface area contributed by atoms with E-state index in [1.807, 2.05) is 45.0 Å². The average molecular weight is 377 g/mol. The molecule has 1 amide bonds. The molecule has 0 N–H and O–H groups in total. The molecule has 0 bridgehead atoms. The molecule has 3 unspecified atom stereocenters. The Morgan fingerprint density at radius 3 is 2.30 bits per heavy atom. The molecule has 1 aromatic rings. The molecule has 0 radical (unpaired) electrons. The number of hydrogen-bond donors (Lipinski definition) is 0. The highest BCUT2D eigenvalue weighted by atomic mass is 16.6. The van der Waals surface area contributed by atoms with Crippen LogP contribution >= 0.6 is 0 Å². The van der Waals surface area contributed by atoms with Crippen molar-refractivity contribution in [2.24, 2.45) is 11.8 Å². The largest absolute Gasteiger partial charge is 0.497 e.